The highest BCUT2D eigenvalue weighted by Gasteiger charge is 2.53. The highest BCUT2D eigenvalue weighted by atomic mass is 16.5. The quantitative estimate of drug-likeness (QED) is 0.590. The second-order valence-corrected chi connectivity index (χ2v) is 6.02. The molecule has 0 amide bonds. The van der Waals surface area contributed by atoms with Gasteiger partial charge in [0, 0.05) is 11.0 Å². The largest absolute Gasteiger partial charge is 0.462 e. The highest BCUT2D eigenvalue weighted by molar-refractivity contribution is 5.86. The number of rotatable bonds is 5. The molecule has 0 saturated heterocycles. The van der Waals surface area contributed by atoms with Crippen LogP contribution in [0.4, 0.5) is 0 Å². The molecule has 0 aromatic heterocycles. The molecule has 0 heterocycles. The molecule has 0 spiro atoms. The SMILES string of the molecule is C=C(C)C(=O)OC[C@]1(C)C[C@H]1[C@@H](C)c1ccccc1. The molecule has 19 heavy (non-hydrogen) atoms. The molecule has 1 aliphatic rings. The number of carbonyl (C=O) groups is 1. The minimum atomic E-state index is -0.278. The van der Waals surface area contributed by atoms with Crippen molar-refractivity contribution in [2.75, 3.05) is 6.61 Å². The van der Waals surface area contributed by atoms with E-state index < -0.39 is 0 Å². The Balaban J connectivity index is 1.92. The zero-order valence-electron chi connectivity index (χ0n) is 12.0. The second-order valence-electron chi connectivity index (χ2n) is 6.02. The zero-order valence-corrected chi connectivity index (χ0v) is 12.0. The van der Waals surface area contributed by atoms with Crippen molar-refractivity contribution in [1.82, 2.24) is 0 Å². The standard InChI is InChI=1S/C17H22O2/c1-12(2)16(18)19-11-17(4)10-15(17)13(3)14-8-6-5-7-9-14/h5-9,13,15H,1,10-11H2,2-4H3/t13-,15-,17-/m0/s1. The lowest BCUT2D eigenvalue weighted by Crippen LogP contribution is -2.16. The molecule has 102 valence electrons. The Morgan fingerprint density at radius 1 is 1.47 bits per heavy atom. The van der Waals surface area contributed by atoms with Crippen LogP contribution in [0.5, 0.6) is 0 Å². The van der Waals surface area contributed by atoms with Crippen LogP contribution in [0.15, 0.2) is 42.5 Å². The van der Waals surface area contributed by atoms with E-state index in [-0.39, 0.29) is 11.4 Å². The van der Waals surface area contributed by atoms with Crippen LogP contribution in [0.3, 0.4) is 0 Å². The van der Waals surface area contributed by atoms with Gasteiger partial charge < -0.3 is 4.74 Å². The first kappa shape index (κ1) is 13.9. The lowest BCUT2D eigenvalue weighted by molar-refractivity contribution is -0.140. The third-order valence-electron chi connectivity index (χ3n) is 4.23. The fraction of sp³-hybridized carbons (Fsp3) is 0.471. The molecule has 1 aliphatic carbocycles. The van der Waals surface area contributed by atoms with Gasteiger partial charge in [0.25, 0.3) is 0 Å². The molecule has 0 radical (unpaired) electrons. The topological polar surface area (TPSA) is 26.3 Å². The average molecular weight is 258 g/mol. The Morgan fingerprint density at radius 2 is 2.11 bits per heavy atom. The van der Waals surface area contributed by atoms with Crippen LogP contribution in [-0.2, 0) is 9.53 Å². The first-order valence-electron chi connectivity index (χ1n) is 6.81. The molecule has 1 fully saturated rings. The summed E-state index contributed by atoms with van der Waals surface area (Å²) in [6, 6.07) is 10.5. The summed E-state index contributed by atoms with van der Waals surface area (Å²) in [5.74, 6) is 0.821. The van der Waals surface area contributed by atoms with Crippen molar-refractivity contribution in [3.8, 4) is 0 Å². The number of esters is 1. The average Bonchev–Trinajstić information content (AvgIpc) is 3.08. The number of hydrogen-bond acceptors (Lipinski definition) is 2. The van der Waals surface area contributed by atoms with Crippen molar-refractivity contribution in [2.45, 2.75) is 33.1 Å². The summed E-state index contributed by atoms with van der Waals surface area (Å²) < 4.78 is 5.31. The molecule has 0 unspecified atom stereocenters. The molecule has 2 rings (SSSR count). The van der Waals surface area contributed by atoms with Crippen molar-refractivity contribution in [3.05, 3.63) is 48.0 Å². The summed E-state index contributed by atoms with van der Waals surface area (Å²) in [4.78, 5) is 11.4. The van der Waals surface area contributed by atoms with E-state index in [1.54, 1.807) is 6.92 Å². The van der Waals surface area contributed by atoms with Crippen LogP contribution < -0.4 is 0 Å². The van der Waals surface area contributed by atoms with Gasteiger partial charge in [-0.2, -0.15) is 0 Å². The number of ether oxygens (including phenoxy) is 1. The second kappa shape index (κ2) is 5.20. The number of hydrogen-bond donors (Lipinski definition) is 0. The van der Waals surface area contributed by atoms with Gasteiger partial charge in [-0.05, 0) is 30.7 Å². The van der Waals surface area contributed by atoms with Gasteiger partial charge in [-0.1, -0.05) is 50.8 Å². The Labute approximate surface area is 115 Å². The minimum absolute atomic E-state index is 0.125. The van der Waals surface area contributed by atoms with Crippen LogP contribution in [-0.4, -0.2) is 12.6 Å². The molecule has 0 bridgehead atoms. The van der Waals surface area contributed by atoms with Crippen LogP contribution in [0.2, 0.25) is 0 Å². The van der Waals surface area contributed by atoms with Gasteiger partial charge in [-0.15, -0.1) is 0 Å². The molecule has 2 heteroatoms. The molecule has 0 aliphatic heterocycles. The number of benzene rings is 1. The maximum Gasteiger partial charge on any atom is 0.333 e. The molecular formula is C17H22O2. The van der Waals surface area contributed by atoms with E-state index in [9.17, 15) is 4.79 Å². The molecule has 2 nitrogen and oxygen atoms in total. The minimum Gasteiger partial charge on any atom is -0.462 e. The molecule has 1 aromatic carbocycles. The summed E-state index contributed by atoms with van der Waals surface area (Å²) >= 11 is 0. The Bertz CT molecular complexity index is 477. The van der Waals surface area contributed by atoms with E-state index in [1.165, 1.54) is 5.56 Å². The molecule has 1 aromatic rings. The maximum absolute atomic E-state index is 11.4. The first-order valence-corrected chi connectivity index (χ1v) is 6.81. The monoisotopic (exact) mass is 258 g/mol. The van der Waals surface area contributed by atoms with Gasteiger partial charge >= 0.3 is 5.97 Å². The predicted molar refractivity (Wildman–Crippen MR) is 76.8 cm³/mol. The lowest BCUT2D eigenvalue weighted by atomic mass is 9.91. The molecule has 0 N–H and O–H groups in total. The zero-order chi connectivity index (χ0) is 14.0. The summed E-state index contributed by atoms with van der Waals surface area (Å²) in [5, 5.41) is 0. The van der Waals surface area contributed by atoms with Gasteiger partial charge in [0.1, 0.15) is 0 Å². The summed E-state index contributed by atoms with van der Waals surface area (Å²) in [7, 11) is 0. The lowest BCUT2D eigenvalue weighted by Gasteiger charge is -2.17. The Kier molecular flexibility index (Phi) is 3.79. The fourth-order valence-corrected chi connectivity index (χ4v) is 2.73. The van der Waals surface area contributed by atoms with Crippen LogP contribution in [0.1, 0.15) is 38.7 Å². The summed E-state index contributed by atoms with van der Waals surface area (Å²) in [6.45, 7) is 10.2. The fourth-order valence-electron chi connectivity index (χ4n) is 2.73. The van der Waals surface area contributed by atoms with Gasteiger partial charge in [0.15, 0.2) is 0 Å². The van der Waals surface area contributed by atoms with Crippen LogP contribution in [0.25, 0.3) is 0 Å². The van der Waals surface area contributed by atoms with Gasteiger partial charge in [0.05, 0.1) is 6.61 Å². The van der Waals surface area contributed by atoms with Crippen molar-refractivity contribution < 1.29 is 9.53 Å². The molecular weight excluding hydrogens is 236 g/mol. The number of carbonyl (C=O) groups excluding carboxylic acids is 1. The smallest absolute Gasteiger partial charge is 0.333 e. The van der Waals surface area contributed by atoms with Crippen molar-refractivity contribution in [2.24, 2.45) is 11.3 Å². The maximum atomic E-state index is 11.4. The van der Waals surface area contributed by atoms with Crippen molar-refractivity contribution in [3.63, 3.8) is 0 Å². The van der Waals surface area contributed by atoms with E-state index in [1.807, 2.05) is 6.07 Å². The van der Waals surface area contributed by atoms with E-state index in [0.717, 1.165) is 6.42 Å². The van der Waals surface area contributed by atoms with E-state index in [4.69, 9.17) is 4.74 Å². The van der Waals surface area contributed by atoms with Gasteiger partial charge in [-0.3, -0.25) is 0 Å². The normalized spacial score (nSPS) is 26.6. The van der Waals surface area contributed by atoms with Crippen molar-refractivity contribution in [1.29, 1.82) is 0 Å². The van der Waals surface area contributed by atoms with Crippen molar-refractivity contribution >= 4 is 5.97 Å². The van der Waals surface area contributed by atoms with Crippen LogP contribution in [0, 0.1) is 11.3 Å². The molecule has 3 atom stereocenters. The van der Waals surface area contributed by atoms with E-state index in [0.29, 0.717) is 24.0 Å². The summed E-state index contributed by atoms with van der Waals surface area (Å²) in [6.07, 6.45) is 1.12. The van der Waals surface area contributed by atoms with Gasteiger partial charge in [-0.25, -0.2) is 4.79 Å². The van der Waals surface area contributed by atoms with Crippen LogP contribution >= 0.6 is 0 Å². The highest BCUT2D eigenvalue weighted by Crippen LogP contribution is 2.58. The Morgan fingerprint density at radius 3 is 2.68 bits per heavy atom. The Hall–Kier alpha value is -1.57. The van der Waals surface area contributed by atoms with E-state index >= 15 is 0 Å². The van der Waals surface area contributed by atoms with Gasteiger partial charge in [0.2, 0.25) is 0 Å². The van der Waals surface area contributed by atoms with E-state index in [2.05, 4.69) is 44.7 Å². The third-order valence-corrected chi connectivity index (χ3v) is 4.23. The first-order chi connectivity index (χ1) is 8.94. The molecule has 1 saturated carbocycles. The predicted octanol–water partition coefficient (Wildman–Crippen LogP) is 3.94. The third kappa shape index (κ3) is 3.06. The summed E-state index contributed by atoms with van der Waals surface area (Å²) in [5.41, 5.74) is 1.96.